The number of rotatable bonds is 4. The minimum absolute atomic E-state index is 0.0391. The van der Waals surface area contributed by atoms with Crippen molar-refractivity contribution in [3.05, 3.63) is 22.4 Å². The highest BCUT2D eigenvalue weighted by molar-refractivity contribution is 9.10. The Kier molecular flexibility index (Phi) is 4.76. The van der Waals surface area contributed by atoms with Crippen LogP contribution >= 0.6 is 15.9 Å². The van der Waals surface area contributed by atoms with Crippen LogP contribution in [0.4, 0.5) is 0 Å². The van der Waals surface area contributed by atoms with Crippen molar-refractivity contribution in [1.82, 2.24) is 9.47 Å². The van der Waals surface area contributed by atoms with Crippen LogP contribution in [0, 0.1) is 17.2 Å². The Morgan fingerprint density at radius 3 is 2.76 bits per heavy atom. The summed E-state index contributed by atoms with van der Waals surface area (Å²) in [6.45, 7) is 4.80. The van der Waals surface area contributed by atoms with Gasteiger partial charge in [-0.15, -0.1) is 0 Å². The Bertz CT molecular complexity index is 447. The number of hydrogen-bond acceptors (Lipinski definition) is 2. The molecule has 1 heterocycles. The SMILES string of the molecule is CCN(CC(C)C#N)C(=O)c1cc(Br)cn1C. The van der Waals surface area contributed by atoms with Gasteiger partial charge in [0.25, 0.3) is 5.91 Å². The first-order valence-corrected chi connectivity index (χ1v) is 6.29. The van der Waals surface area contributed by atoms with Gasteiger partial charge in [0.1, 0.15) is 5.69 Å². The fourth-order valence-corrected chi connectivity index (χ4v) is 2.15. The third-order valence-corrected chi connectivity index (χ3v) is 3.01. The molecule has 0 N–H and O–H groups in total. The molecule has 0 bridgehead atoms. The van der Waals surface area contributed by atoms with Crippen molar-refractivity contribution in [3.8, 4) is 6.07 Å². The summed E-state index contributed by atoms with van der Waals surface area (Å²) in [7, 11) is 1.83. The van der Waals surface area contributed by atoms with E-state index in [1.54, 1.807) is 15.5 Å². The summed E-state index contributed by atoms with van der Waals surface area (Å²) in [4.78, 5) is 13.9. The molecule has 0 saturated heterocycles. The predicted octanol–water partition coefficient (Wildman–Crippen LogP) is 2.41. The number of amides is 1. The Morgan fingerprint density at radius 2 is 2.35 bits per heavy atom. The smallest absolute Gasteiger partial charge is 0.270 e. The summed E-state index contributed by atoms with van der Waals surface area (Å²) in [5.41, 5.74) is 0.629. The van der Waals surface area contributed by atoms with E-state index < -0.39 is 0 Å². The Labute approximate surface area is 110 Å². The molecule has 0 aliphatic rings. The molecule has 0 radical (unpaired) electrons. The maximum absolute atomic E-state index is 12.2. The number of carbonyl (C=O) groups excluding carboxylic acids is 1. The van der Waals surface area contributed by atoms with Crippen LogP contribution in [0.5, 0.6) is 0 Å². The van der Waals surface area contributed by atoms with E-state index in [1.165, 1.54) is 0 Å². The largest absolute Gasteiger partial charge is 0.345 e. The molecule has 1 atom stereocenters. The minimum atomic E-state index is -0.150. The third kappa shape index (κ3) is 3.34. The zero-order valence-corrected chi connectivity index (χ0v) is 11.9. The maximum atomic E-state index is 12.2. The quantitative estimate of drug-likeness (QED) is 0.857. The first kappa shape index (κ1) is 13.8. The average molecular weight is 298 g/mol. The molecule has 0 aliphatic heterocycles. The summed E-state index contributed by atoms with van der Waals surface area (Å²) in [6.07, 6.45) is 1.84. The number of carbonyl (C=O) groups is 1. The van der Waals surface area contributed by atoms with Crippen LogP contribution in [0.3, 0.4) is 0 Å². The van der Waals surface area contributed by atoms with Crippen LogP contribution in [0.15, 0.2) is 16.7 Å². The summed E-state index contributed by atoms with van der Waals surface area (Å²) >= 11 is 3.34. The van der Waals surface area contributed by atoms with Gasteiger partial charge in [-0.1, -0.05) is 0 Å². The highest BCUT2D eigenvalue weighted by Gasteiger charge is 2.19. The van der Waals surface area contributed by atoms with Crippen molar-refractivity contribution >= 4 is 21.8 Å². The van der Waals surface area contributed by atoms with Crippen molar-refractivity contribution in [2.45, 2.75) is 13.8 Å². The molecule has 1 aromatic heterocycles. The van der Waals surface area contributed by atoms with Gasteiger partial charge < -0.3 is 9.47 Å². The van der Waals surface area contributed by atoms with Gasteiger partial charge in [0.15, 0.2) is 0 Å². The van der Waals surface area contributed by atoms with Gasteiger partial charge >= 0.3 is 0 Å². The molecule has 1 rings (SSSR count). The fourth-order valence-electron chi connectivity index (χ4n) is 1.63. The molecule has 1 unspecified atom stereocenters. The molecule has 1 amide bonds. The second-order valence-corrected chi connectivity index (χ2v) is 4.94. The first-order valence-electron chi connectivity index (χ1n) is 5.50. The van der Waals surface area contributed by atoms with Crippen LogP contribution < -0.4 is 0 Å². The van der Waals surface area contributed by atoms with Gasteiger partial charge in [0.05, 0.1) is 12.0 Å². The molecular weight excluding hydrogens is 282 g/mol. The van der Waals surface area contributed by atoms with Crippen molar-refractivity contribution < 1.29 is 4.79 Å². The lowest BCUT2D eigenvalue weighted by molar-refractivity contribution is 0.0743. The van der Waals surface area contributed by atoms with E-state index in [2.05, 4.69) is 22.0 Å². The van der Waals surface area contributed by atoms with Crippen molar-refractivity contribution in [2.24, 2.45) is 13.0 Å². The van der Waals surface area contributed by atoms with E-state index in [1.807, 2.05) is 27.1 Å². The molecule has 0 spiro atoms. The van der Waals surface area contributed by atoms with Gasteiger partial charge in [-0.3, -0.25) is 4.79 Å². The number of nitrogens with zero attached hydrogens (tertiary/aromatic N) is 3. The van der Waals surface area contributed by atoms with Crippen molar-refractivity contribution in [3.63, 3.8) is 0 Å². The molecule has 4 nitrogen and oxygen atoms in total. The van der Waals surface area contributed by atoms with Crippen LogP contribution in [-0.4, -0.2) is 28.5 Å². The summed E-state index contributed by atoms with van der Waals surface area (Å²) in [5.74, 6) is -0.189. The number of halogens is 1. The molecular formula is C12H16BrN3O. The second kappa shape index (κ2) is 5.87. The topological polar surface area (TPSA) is 49.0 Å². The molecule has 0 aliphatic carbocycles. The van der Waals surface area contributed by atoms with Crippen molar-refractivity contribution in [1.29, 1.82) is 5.26 Å². The average Bonchev–Trinajstić information content (AvgIpc) is 2.64. The monoisotopic (exact) mass is 297 g/mol. The van der Waals surface area contributed by atoms with Crippen LogP contribution in [-0.2, 0) is 7.05 Å². The molecule has 0 fully saturated rings. The second-order valence-electron chi connectivity index (χ2n) is 4.03. The van der Waals surface area contributed by atoms with Crippen LogP contribution in [0.25, 0.3) is 0 Å². The van der Waals surface area contributed by atoms with Gasteiger partial charge in [-0.25, -0.2) is 0 Å². The molecule has 1 aromatic rings. The molecule has 17 heavy (non-hydrogen) atoms. The molecule has 0 saturated carbocycles. The van der Waals surface area contributed by atoms with E-state index in [0.29, 0.717) is 18.8 Å². The molecule has 0 aromatic carbocycles. The zero-order chi connectivity index (χ0) is 13.0. The van der Waals surface area contributed by atoms with Crippen molar-refractivity contribution in [2.75, 3.05) is 13.1 Å². The van der Waals surface area contributed by atoms with E-state index in [4.69, 9.17) is 5.26 Å². The van der Waals surface area contributed by atoms with E-state index in [9.17, 15) is 4.79 Å². The number of aromatic nitrogens is 1. The minimum Gasteiger partial charge on any atom is -0.345 e. The Hall–Kier alpha value is -1.28. The highest BCUT2D eigenvalue weighted by atomic mass is 79.9. The van der Waals surface area contributed by atoms with Gasteiger partial charge in [-0.2, -0.15) is 5.26 Å². The summed E-state index contributed by atoms with van der Waals surface area (Å²) in [5, 5.41) is 8.79. The Morgan fingerprint density at radius 1 is 1.71 bits per heavy atom. The lowest BCUT2D eigenvalue weighted by Gasteiger charge is -2.22. The maximum Gasteiger partial charge on any atom is 0.270 e. The van der Waals surface area contributed by atoms with E-state index >= 15 is 0 Å². The van der Waals surface area contributed by atoms with Gasteiger partial charge in [0, 0.05) is 30.8 Å². The van der Waals surface area contributed by atoms with Gasteiger partial charge in [0.2, 0.25) is 0 Å². The lowest BCUT2D eigenvalue weighted by Crippen LogP contribution is -2.35. The third-order valence-electron chi connectivity index (χ3n) is 2.57. The summed E-state index contributed by atoms with van der Waals surface area (Å²) < 4.78 is 2.67. The normalized spacial score (nSPS) is 11.9. The van der Waals surface area contributed by atoms with Gasteiger partial charge in [-0.05, 0) is 35.8 Å². The van der Waals surface area contributed by atoms with E-state index in [0.717, 1.165) is 4.47 Å². The van der Waals surface area contributed by atoms with E-state index in [-0.39, 0.29) is 11.8 Å². The Balaban J connectivity index is 2.87. The predicted molar refractivity (Wildman–Crippen MR) is 69.5 cm³/mol. The standard InChI is InChI=1S/C12H16BrN3O/c1-4-16(7-9(2)6-14)12(17)11-5-10(13)8-15(11)3/h5,8-9H,4,7H2,1-3H3. The first-order chi connectivity index (χ1) is 7.99. The zero-order valence-electron chi connectivity index (χ0n) is 10.3. The number of nitriles is 1. The van der Waals surface area contributed by atoms with Crippen LogP contribution in [0.1, 0.15) is 24.3 Å². The fraction of sp³-hybridized carbons (Fsp3) is 0.500. The van der Waals surface area contributed by atoms with Crippen LogP contribution in [0.2, 0.25) is 0 Å². The number of aryl methyl sites for hydroxylation is 1. The lowest BCUT2D eigenvalue weighted by atomic mass is 10.2. The number of hydrogen-bond donors (Lipinski definition) is 0. The summed E-state index contributed by atoms with van der Waals surface area (Å²) in [6, 6.07) is 3.94. The highest BCUT2D eigenvalue weighted by Crippen LogP contribution is 2.16. The molecule has 5 heteroatoms. The molecule has 92 valence electrons.